The lowest BCUT2D eigenvalue weighted by molar-refractivity contribution is -0.145. The molecule has 6 heteroatoms. The molecule has 0 spiro atoms. The van der Waals surface area contributed by atoms with Crippen LogP contribution in [-0.4, -0.2) is 59.8 Å². The van der Waals surface area contributed by atoms with Crippen LogP contribution in [0.1, 0.15) is 36.8 Å². The summed E-state index contributed by atoms with van der Waals surface area (Å²) < 4.78 is 10.9. The van der Waals surface area contributed by atoms with E-state index < -0.39 is 0 Å². The topological polar surface area (TPSA) is 58.8 Å². The molecule has 0 saturated carbocycles. The van der Waals surface area contributed by atoms with E-state index in [4.69, 9.17) is 9.26 Å². The van der Waals surface area contributed by atoms with Crippen molar-refractivity contribution in [2.24, 2.45) is 5.92 Å². The molecule has 0 N–H and O–H groups in total. The first-order chi connectivity index (χ1) is 11.1. The minimum atomic E-state index is 0.0397. The first kappa shape index (κ1) is 16.5. The van der Waals surface area contributed by atoms with E-state index in [-0.39, 0.29) is 17.9 Å². The van der Waals surface area contributed by atoms with Gasteiger partial charge in [0.1, 0.15) is 5.76 Å². The summed E-state index contributed by atoms with van der Waals surface area (Å²) in [5, 5.41) is 4.01. The van der Waals surface area contributed by atoms with E-state index in [0.29, 0.717) is 0 Å². The van der Waals surface area contributed by atoms with Crippen molar-refractivity contribution >= 4 is 5.91 Å². The molecule has 3 rings (SSSR count). The monoisotopic (exact) mass is 321 g/mol. The average molecular weight is 321 g/mol. The first-order valence-electron chi connectivity index (χ1n) is 8.60. The molecule has 0 aliphatic carbocycles. The van der Waals surface area contributed by atoms with Gasteiger partial charge in [0.2, 0.25) is 5.91 Å². The van der Waals surface area contributed by atoms with Crippen molar-refractivity contribution in [2.45, 2.75) is 46.3 Å². The fourth-order valence-corrected chi connectivity index (χ4v) is 3.56. The van der Waals surface area contributed by atoms with Crippen molar-refractivity contribution in [3.8, 4) is 0 Å². The van der Waals surface area contributed by atoms with Gasteiger partial charge in [-0.25, -0.2) is 0 Å². The quantitative estimate of drug-likeness (QED) is 0.849. The molecule has 128 valence electrons. The molecule has 1 amide bonds. The van der Waals surface area contributed by atoms with Gasteiger partial charge in [-0.15, -0.1) is 0 Å². The summed E-state index contributed by atoms with van der Waals surface area (Å²) in [5.74, 6) is 1.21. The number of aromatic nitrogens is 1. The van der Waals surface area contributed by atoms with Gasteiger partial charge < -0.3 is 14.2 Å². The summed E-state index contributed by atoms with van der Waals surface area (Å²) in [6.45, 7) is 11.0. The van der Waals surface area contributed by atoms with Gasteiger partial charge in [-0.2, -0.15) is 0 Å². The summed E-state index contributed by atoms with van der Waals surface area (Å²) in [6.07, 6.45) is 2.00. The minimum Gasteiger partial charge on any atom is -0.378 e. The highest BCUT2D eigenvalue weighted by atomic mass is 16.5. The molecule has 2 atom stereocenters. The number of hydrogen-bond acceptors (Lipinski definition) is 5. The van der Waals surface area contributed by atoms with E-state index in [1.807, 2.05) is 25.7 Å². The Bertz CT molecular complexity index is 530. The van der Waals surface area contributed by atoms with Crippen LogP contribution in [0, 0.1) is 19.8 Å². The summed E-state index contributed by atoms with van der Waals surface area (Å²) in [5.41, 5.74) is 2.15. The molecule has 2 aliphatic rings. The van der Waals surface area contributed by atoms with Gasteiger partial charge >= 0.3 is 0 Å². The standard InChI is InChI=1S/C17H27N3O3/c1-12-16(14(3)23-18-12)11-19-6-8-20(9-7-19)17(21)15-5-4-10-22-13(15)2/h13,15H,4-11H2,1-3H3/t13-,15+/m1/s1. The number of carbonyl (C=O) groups is 1. The SMILES string of the molecule is Cc1noc(C)c1CN1CCN(C(=O)[C@H]2CCCO[C@@H]2C)CC1. The van der Waals surface area contributed by atoms with Gasteiger partial charge in [0, 0.05) is 44.9 Å². The molecule has 2 saturated heterocycles. The molecule has 2 aliphatic heterocycles. The maximum absolute atomic E-state index is 12.7. The normalized spacial score (nSPS) is 26.5. The number of rotatable bonds is 3. The third kappa shape index (κ3) is 3.58. The van der Waals surface area contributed by atoms with Crippen molar-refractivity contribution < 1.29 is 14.1 Å². The molecule has 0 unspecified atom stereocenters. The van der Waals surface area contributed by atoms with Crippen LogP contribution in [0.4, 0.5) is 0 Å². The first-order valence-corrected chi connectivity index (χ1v) is 8.60. The van der Waals surface area contributed by atoms with Crippen molar-refractivity contribution in [3.05, 3.63) is 17.0 Å². The predicted molar refractivity (Wildman–Crippen MR) is 86.0 cm³/mol. The second kappa shape index (κ2) is 7.01. The van der Waals surface area contributed by atoms with Crippen LogP contribution in [0.3, 0.4) is 0 Å². The van der Waals surface area contributed by atoms with E-state index in [0.717, 1.165) is 63.6 Å². The molecule has 23 heavy (non-hydrogen) atoms. The van der Waals surface area contributed by atoms with Gasteiger partial charge in [0.25, 0.3) is 0 Å². The Balaban J connectivity index is 1.53. The van der Waals surface area contributed by atoms with E-state index >= 15 is 0 Å². The van der Waals surface area contributed by atoms with Crippen molar-refractivity contribution in [1.29, 1.82) is 0 Å². The van der Waals surface area contributed by atoms with E-state index in [1.165, 1.54) is 5.56 Å². The van der Waals surface area contributed by atoms with Gasteiger partial charge in [-0.05, 0) is 33.6 Å². The van der Waals surface area contributed by atoms with Gasteiger partial charge in [0.15, 0.2) is 0 Å². The molecule has 6 nitrogen and oxygen atoms in total. The Labute approximate surface area is 137 Å². The lowest BCUT2D eigenvalue weighted by atomic mass is 9.93. The third-order valence-electron chi connectivity index (χ3n) is 5.17. The van der Waals surface area contributed by atoms with Crippen molar-refractivity contribution in [1.82, 2.24) is 15.0 Å². The minimum absolute atomic E-state index is 0.0397. The maximum atomic E-state index is 12.7. The second-order valence-electron chi connectivity index (χ2n) is 6.73. The van der Waals surface area contributed by atoms with Crippen LogP contribution in [0.25, 0.3) is 0 Å². The Morgan fingerprint density at radius 1 is 1.26 bits per heavy atom. The number of piperazine rings is 1. The van der Waals surface area contributed by atoms with Gasteiger partial charge in [-0.3, -0.25) is 9.69 Å². The number of nitrogens with zero attached hydrogens (tertiary/aromatic N) is 3. The van der Waals surface area contributed by atoms with Crippen molar-refractivity contribution in [2.75, 3.05) is 32.8 Å². The number of hydrogen-bond donors (Lipinski definition) is 0. The summed E-state index contributed by atoms with van der Waals surface area (Å²) in [6, 6.07) is 0. The van der Waals surface area contributed by atoms with E-state index in [2.05, 4.69) is 10.1 Å². The predicted octanol–water partition coefficient (Wildman–Crippen LogP) is 1.75. The highest BCUT2D eigenvalue weighted by molar-refractivity contribution is 5.79. The van der Waals surface area contributed by atoms with Crippen LogP contribution in [0.5, 0.6) is 0 Å². The summed E-state index contributed by atoms with van der Waals surface area (Å²) >= 11 is 0. The van der Waals surface area contributed by atoms with E-state index in [1.54, 1.807) is 0 Å². The third-order valence-corrected chi connectivity index (χ3v) is 5.17. The van der Waals surface area contributed by atoms with Crippen LogP contribution in [0.2, 0.25) is 0 Å². The highest BCUT2D eigenvalue weighted by Gasteiger charge is 2.33. The molecular weight excluding hydrogens is 294 g/mol. The zero-order valence-corrected chi connectivity index (χ0v) is 14.4. The number of carbonyl (C=O) groups excluding carboxylic acids is 1. The van der Waals surface area contributed by atoms with Gasteiger partial charge in [0.05, 0.1) is 17.7 Å². The van der Waals surface area contributed by atoms with Gasteiger partial charge in [-0.1, -0.05) is 5.16 Å². The second-order valence-corrected chi connectivity index (χ2v) is 6.73. The Kier molecular flexibility index (Phi) is 5.02. The largest absolute Gasteiger partial charge is 0.378 e. The van der Waals surface area contributed by atoms with Crippen LogP contribution in [-0.2, 0) is 16.1 Å². The van der Waals surface area contributed by atoms with Crippen LogP contribution >= 0.6 is 0 Å². The molecule has 3 heterocycles. The summed E-state index contributed by atoms with van der Waals surface area (Å²) in [7, 11) is 0. The zero-order chi connectivity index (χ0) is 16.4. The van der Waals surface area contributed by atoms with Crippen LogP contribution < -0.4 is 0 Å². The average Bonchev–Trinajstić information content (AvgIpc) is 2.87. The Morgan fingerprint density at radius 2 is 2.00 bits per heavy atom. The summed E-state index contributed by atoms with van der Waals surface area (Å²) in [4.78, 5) is 17.1. The van der Waals surface area contributed by atoms with Crippen molar-refractivity contribution in [3.63, 3.8) is 0 Å². The smallest absolute Gasteiger partial charge is 0.228 e. The Hall–Kier alpha value is -1.40. The maximum Gasteiger partial charge on any atom is 0.228 e. The van der Waals surface area contributed by atoms with E-state index in [9.17, 15) is 4.79 Å². The number of aryl methyl sites for hydroxylation is 2. The Morgan fingerprint density at radius 3 is 2.61 bits per heavy atom. The number of amides is 1. The molecule has 0 aromatic carbocycles. The lowest BCUT2D eigenvalue weighted by Crippen LogP contribution is -2.52. The number of ether oxygens (including phenoxy) is 1. The molecule has 1 aromatic heterocycles. The fraction of sp³-hybridized carbons (Fsp3) is 0.765. The molecule has 1 aromatic rings. The lowest BCUT2D eigenvalue weighted by Gasteiger charge is -2.38. The molecule has 0 radical (unpaired) electrons. The molecule has 0 bridgehead atoms. The fourth-order valence-electron chi connectivity index (χ4n) is 3.56. The van der Waals surface area contributed by atoms with Crippen LogP contribution in [0.15, 0.2) is 4.52 Å². The zero-order valence-electron chi connectivity index (χ0n) is 14.4. The molecular formula is C17H27N3O3. The highest BCUT2D eigenvalue weighted by Crippen LogP contribution is 2.24. The molecule has 2 fully saturated rings.